The molecule has 0 bridgehead atoms. The molecule has 152 valence electrons. The molecule has 1 heterocycles. The molecule has 0 aromatic heterocycles. The summed E-state index contributed by atoms with van der Waals surface area (Å²) in [6.45, 7) is 1.59. The van der Waals surface area contributed by atoms with Crippen molar-refractivity contribution in [3.8, 4) is 0 Å². The number of carbonyl (C=O) groups excluding carboxylic acids is 1. The van der Waals surface area contributed by atoms with Gasteiger partial charge in [-0.15, -0.1) is 0 Å². The van der Waals surface area contributed by atoms with Crippen LogP contribution >= 0.6 is 0 Å². The fourth-order valence-electron chi connectivity index (χ4n) is 5.27. The van der Waals surface area contributed by atoms with E-state index in [-0.39, 0.29) is 51.4 Å². The van der Waals surface area contributed by atoms with Gasteiger partial charge in [-0.05, 0) is 105 Å². The number of likely N-dealkylation sites (tertiary alicyclic amines) is 1. The van der Waals surface area contributed by atoms with E-state index in [0.29, 0.717) is 18.9 Å². The molecule has 1 saturated heterocycles. The summed E-state index contributed by atoms with van der Waals surface area (Å²) in [5.41, 5.74) is 5.87. The Hall–Kier alpha value is 0.0364. The molecule has 0 unspecified atom stereocenters. The minimum absolute atomic E-state index is 0. The first kappa shape index (κ1) is 22.2. The molecular formula is C21H28KN3O3S. The standard InChI is InChI=1S/C21H29N3O3S.K/c25-21(23-28(26,27)17-9-11-24(12-10-17)16-7-8-16)22-20-18-5-1-3-14(18)13-15-4-2-6-19(15)20;/h13,16-17H,1-12H2,(H2,22,23,25);/q;+1/p-1. The number of rotatable bonds is 4. The molecule has 1 aromatic carbocycles. The summed E-state index contributed by atoms with van der Waals surface area (Å²) in [7, 11) is -3.77. The summed E-state index contributed by atoms with van der Waals surface area (Å²) in [5, 5.41) is 2.35. The van der Waals surface area contributed by atoms with Gasteiger partial charge < -0.3 is 14.9 Å². The molecule has 0 atom stereocenters. The summed E-state index contributed by atoms with van der Waals surface area (Å²) in [6, 6.07) is 2.23. The average Bonchev–Trinajstić information content (AvgIpc) is 3.22. The van der Waals surface area contributed by atoms with Crippen molar-refractivity contribution in [3.05, 3.63) is 33.0 Å². The second-order valence-corrected chi connectivity index (χ2v) is 10.6. The van der Waals surface area contributed by atoms with Crippen LogP contribution in [0.25, 0.3) is 4.72 Å². The van der Waals surface area contributed by atoms with Gasteiger partial charge in [0.2, 0.25) is 0 Å². The van der Waals surface area contributed by atoms with Gasteiger partial charge in [0, 0.05) is 6.04 Å². The summed E-state index contributed by atoms with van der Waals surface area (Å²) < 4.78 is 29.1. The molecule has 3 aliphatic carbocycles. The van der Waals surface area contributed by atoms with Crippen molar-refractivity contribution in [2.24, 2.45) is 0 Å². The van der Waals surface area contributed by atoms with Crippen LogP contribution in [-0.4, -0.2) is 43.7 Å². The quantitative estimate of drug-likeness (QED) is 0.692. The van der Waals surface area contributed by atoms with Crippen LogP contribution in [0.5, 0.6) is 0 Å². The largest absolute Gasteiger partial charge is 1.00 e. The van der Waals surface area contributed by atoms with E-state index in [1.807, 2.05) is 0 Å². The first-order valence-corrected chi connectivity index (χ1v) is 12.2. The second-order valence-electron chi connectivity index (χ2n) is 8.74. The maximum Gasteiger partial charge on any atom is 1.00 e. The van der Waals surface area contributed by atoms with Gasteiger partial charge in [0.15, 0.2) is 16.1 Å². The molecule has 1 N–H and O–H groups in total. The van der Waals surface area contributed by atoms with Gasteiger partial charge in [0.1, 0.15) is 0 Å². The molecule has 8 heteroatoms. The molecule has 1 saturated carbocycles. The van der Waals surface area contributed by atoms with Crippen LogP contribution in [0.1, 0.15) is 60.8 Å². The maximum absolute atomic E-state index is 12.7. The monoisotopic (exact) mass is 441 g/mol. The summed E-state index contributed by atoms with van der Waals surface area (Å²) in [4.78, 5) is 15.0. The Bertz CT molecular complexity index is 874. The van der Waals surface area contributed by atoms with Gasteiger partial charge in [0.05, 0.1) is 5.25 Å². The molecule has 4 aliphatic rings. The zero-order valence-electron chi connectivity index (χ0n) is 17.2. The Morgan fingerprint density at radius 3 is 2.10 bits per heavy atom. The third-order valence-electron chi connectivity index (χ3n) is 6.88. The smallest absolute Gasteiger partial charge is 0.423 e. The normalized spacial score (nSPS) is 21.9. The number of hydrogen-bond donors (Lipinski definition) is 1. The van der Waals surface area contributed by atoms with E-state index in [0.717, 1.165) is 57.3 Å². The molecule has 1 aliphatic heterocycles. The van der Waals surface area contributed by atoms with Crippen LogP contribution in [0, 0.1) is 0 Å². The van der Waals surface area contributed by atoms with Crippen LogP contribution in [0.2, 0.25) is 0 Å². The Kier molecular flexibility index (Phi) is 6.81. The number of benzene rings is 1. The zero-order valence-corrected chi connectivity index (χ0v) is 21.2. The Morgan fingerprint density at radius 1 is 0.966 bits per heavy atom. The first-order chi connectivity index (χ1) is 13.5. The zero-order chi connectivity index (χ0) is 19.3. The average molecular weight is 442 g/mol. The molecule has 0 radical (unpaired) electrons. The summed E-state index contributed by atoms with van der Waals surface area (Å²) in [6.07, 6.45) is 9.78. The van der Waals surface area contributed by atoms with Crippen molar-refractivity contribution in [3.63, 3.8) is 0 Å². The van der Waals surface area contributed by atoms with Gasteiger partial charge in [-0.1, -0.05) is 6.07 Å². The van der Waals surface area contributed by atoms with Crippen molar-refractivity contribution in [2.45, 2.75) is 75.5 Å². The minimum atomic E-state index is -3.77. The minimum Gasteiger partial charge on any atom is -0.423 e. The number of urea groups is 1. The second kappa shape index (κ2) is 8.88. The molecule has 0 spiro atoms. The van der Waals surface area contributed by atoms with Gasteiger partial charge in [-0.3, -0.25) is 4.79 Å². The predicted octanol–water partition coefficient (Wildman–Crippen LogP) is 0.530. The number of fused-ring (bicyclic) bond motifs is 2. The Balaban J connectivity index is 0.00000205. The van der Waals surface area contributed by atoms with Crippen molar-refractivity contribution in [1.29, 1.82) is 0 Å². The molecule has 2 fully saturated rings. The fourth-order valence-corrected chi connectivity index (χ4v) is 6.50. The summed E-state index contributed by atoms with van der Waals surface area (Å²) >= 11 is 0. The van der Waals surface area contributed by atoms with Gasteiger partial charge in [-0.2, -0.15) is 0 Å². The van der Waals surface area contributed by atoms with Crippen LogP contribution in [-0.2, 0) is 35.7 Å². The van der Waals surface area contributed by atoms with E-state index < -0.39 is 21.3 Å². The van der Waals surface area contributed by atoms with Gasteiger partial charge in [0.25, 0.3) is 0 Å². The van der Waals surface area contributed by atoms with Crippen molar-refractivity contribution in [2.75, 3.05) is 18.4 Å². The fraction of sp³-hybridized carbons (Fsp3) is 0.667. The number of anilines is 1. The van der Waals surface area contributed by atoms with Crippen LogP contribution in [0.3, 0.4) is 0 Å². The molecule has 2 amide bonds. The maximum atomic E-state index is 12.7. The van der Waals surface area contributed by atoms with E-state index in [2.05, 4.69) is 21.0 Å². The van der Waals surface area contributed by atoms with Crippen molar-refractivity contribution >= 4 is 21.7 Å². The topological polar surface area (TPSA) is 80.6 Å². The van der Waals surface area contributed by atoms with Crippen LogP contribution in [0.4, 0.5) is 10.5 Å². The number of hydrogen-bond acceptors (Lipinski definition) is 4. The summed E-state index contributed by atoms with van der Waals surface area (Å²) in [5.74, 6) is 0. The number of amides is 2. The van der Waals surface area contributed by atoms with Crippen molar-refractivity contribution < 1.29 is 64.6 Å². The number of nitrogens with zero attached hydrogens (tertiary/aromatic N) is 2. The van der Waals surface area contributed by atoms with Crippen LogP contribution in [0.15, 0.2) is 6.07 Å². The molecular weight excluding hydrogens is 413 g/mol. The third-order valence-corrected chi connectivity index (χ3v) is 8.61. The van der Waals surface area contributed by atoms with Gasteiger partial charge >= 0.3 is 51.4 Å². The predicted molar refractivity (Wildman–Crippen MR) is 109 cm³/mol. The van der Waals surface area contributed by atoms with E-state index in [1.165, 1.54) is 35.1 Å². The number of sulfonamides is 1. The van der Waals surface area contributed by atoms with E-state index >= 15 is 0 Å². The van der Waals surface area contributed by atoms with Crippen LogP contribution < -0.4 is 56.7 Å². The van der Waals surface area contributed by atoms with Gasteiger partial charge in [-0.25, -0.2) is 8.42 Å². The van der Waals surface area contributed by atoms with Crippen molar-refractivity contribution in [1.82, 2.24) is 4.90 Å². The molecule has 6 nitrogen and oxygen atoms in total. The number of carbonyl (C=O) groups is 1. The molecule has 1 aromatic rings. The van der Waals surface area contributed by atoms with E-state index in [9.17, 15) is 13.2 Å². The SMILES string of the molecule is O=C([N-]S(=O)(=O)C1CCN(C2CC2)CC1)Nc1c2c(cc3c1CCC3)CCC2.[K+]. The number of piperidine rings is 1. The number of aryl methyl sites for hydroxylation is 2. The Labute approximate surface area is 216 Å². The third kappa shape index (κ3) is 4.63. The first-order valence-electron chi connectivity index (χ1n) is 10.7. The molecule has 29 heavy (non-hydrogen) atoms. The van der Waals surface area contributed by atoms with E-state index in [1.54, 1.807) is 0 Å². The number of nitrogens with one attached hydrogen (secondary N) is 1. The molecule has 5 rings (SSSR count). The van der Waals surface area contributed by atoms with E-state index in [4.69, 9.17) is 0 Å². The Morgan fingerprint density at radius 2 is 1.55 bits per heavy atom.